The van der Waals surface area contributed by atoms with E-state index in [1.165, 1.54) is 18.2 Å². The lowest BCUT2D eigenvalue weighted by molar-refractivity contribution is -0.128. The van der Waals surface area contributed by atoms with Gasteiger partial charge in [0.05, 0.1) is 5.69 Å². The number of anilines is 1. The number of carbonyl (C=O) groups excluding carboxylic acids is 2. The first kappa shape index (κ1) is 21.0. The molecule has 9 heteroatoms. The van der Waals surface area contributed by atoms with E-state index in [0.29, 0.717) is 13.0 Å². The Balaban J connectivity index is 1.56. The molecule has 1 fully saturated rings. The fourth-order valence-corrected chi connectivity index (χ4v) is 3.69. The Morgan fingerprint density at radius 2 is 1.86 bits per heavy atom. The molecule has 0 radical (unpaired) electrons. The molecule has 5 nitrogen and oxygen atoms in total. The highest BCUT2D eigenvalue weighted by atomic mass is 32.2. The fourth-order valence-electron chi connectivity index (χ4n) is 3.06. The number of halogens is 3. The second kappa shape index (κ2) is 9.21. The molecule has 0 bridgehead atoms. The van der Waals surface area contributed by atoms with Crippen molar-refractivity contribution in [3.63, 3.8) is 0 Å². The summed E-state index contributed by atoms with van der Waals surface area (Å²) in [6.07, 6.45) is 1.45. The summed E-state index contributed by atoms with van der Waals surface area (Å²) in [5.74, 6) is 0.142. The molecule has 3 amide bonds. The lowest BCUT2D eigenvalue weighted by atomic mass is 10.1. The molecule has 154 valence electrons. The van der Waals surface area contributed by atoms with E-state index in [9.17, 15) is 22.8 Å². The number of hydrogen-bond donors (Lipinski definition) is 2. The lowest BCUT2D eigenvalue weighted by Gasteiger charge is -2.16. The van der Waals surface area contributed by atoms with Crippen LogP contribution in [-0.2, 0) is 17.9 Å². The molecule has 0 unspecified atom stereocenters. The van der Waals surface area contributed by atoms with E-state index in [1.807, 2.05) is 24.3 Å². The summed E-state index contributed by atoms with van der Waals surface area (Å²) in [7, 11) is 0. The maximum atomic E-state index is 12.6. The van der Waals surface area contributed by atoms with E-state index >= 15 is 0 Å². The predicted molar refractivity (Wildman–Crippen MR) is 105 cm³/mol. The number of rotatable bonds is 6. The number of alkyl halides is 3. The molecule has 3 rings (SSSR count). The molecule has 1 saturated heterocycles. The molecule has 0 atom stereocenters. The summed E-state index contributed by atoms with van der Waals surface area (Å²) in [5, 5.41) is 5.10. The van der Waals surface area contributed by atoms with Crippen LogP contribution in [0.5, 0.6) is 0 Å². The first-order valence-electron chi connectivity index (χ1n) is 9.05. The second-order valence-corrected chi connectivity index (χ2v) is 7.70. The van der Waals surface area contributed by atoms with Gasteiger partial charge in [-0.25, -0.2) is 4.79 Å². The Hall–Kier alpha value is -2.68. The van der Waals surface area contributed by atoms with Gasteiger partial charge >= 0.3 is 11.5 Å². The van der Waals surface area contributed by atoms with Gasteiger partial charge in [0.15, 0.2) is 0 Å². The number of benzene rings is 2. The van der Waals surface area contributed by atoms with Gasteiger partial charge in [0.25, 0.3) is 0 Å². The van der Waals surface area contributed by atoms with Gasteiger partial charge in [-0.05, 0) is 41.4 Å². The van der Waals surface area contributed by atoms with Crippen LogP contribution in [0, 0.1) is 0 Å². The van der Waals surface area contributed by atoms with E-state index in [1.54, 1.807) is 11.0 Å². The molecule has 0 aliphatic carbocycles. The quantitative estimate of drug-likeness (QED) is 0.660. The maximum absolute atomic E-state index is 12.6. The van der Waals surface area contributed by atoms with Crippen molar-refractivity contribution in [3.05, 3.63) is 59.7 Å². The Morgan fingerprint density at radius 1 is 1.10 bits per heavy atom. The molecular weight excluding hydrogens is 403 g/mol. The van der Waals surface area contributed by atoms with Crippen LogP contribution in [0.3, 0.4) is 0 Å². The SMILES string of the molecule is O=C(NCc1cccc(CN2CCCC2=O)c1)Nc1ccccc1SC(F)(F)F. The van der Waals surface area contributed by atoms with Crippen LogP contribution in [0.25, 0.3) is 0 Å². The van der Waals surface area contributed by atoms with Crippen molar-refractivity contribution in [2.45, 2.75) is 36.3 Å². The fraction of sp³-hybridized carbons (Fsp3) is 0.300. The number of urea groups is 1. The van der Waals surface area contributed by atoms with Crippen molar-refractivity contribution in [2.24, 2.45) is 0 Å². The lowest BCUT2D eigenvalue weighted by Crippen LogP contribution is -2.28. The van der Waals surface area contributed by atoms with Crippen molar-refractivity contribution < 1.29 is 22.8 Å². The van der Waals surface area contributed by atoms with Gasteiger partial charge in [0.2, 0.25) is 5.91 Å². The zero-order valence-corrected chi connectivity index (χ0v) is 16.3. The molecule has 1 heterocycles. The second-order valence-electron chi connectivity index (χ2n) is 6.59. The molecular formula is C20H20F3N3O2S. The van der Waals surface area contributed by atoms with E-state index in [2.05, 4.69) is 10.6 Å². The van der Waals surface area contributed by atoms with Crippen molar-refractivity contribution in [3.8, 4) is 0 Å². The topological polar surface area (TPSA) is 61.4 Å². The first-order valence-corrected chi connectivity index (χ1v) is 9.87. The van der Waals surface area contributed by atoms with Crippen molar-refractivity contribution in [2.75, 3.05) is 11.9 Å². The van der Waals surface area contributed by atoms with Gasteiger partial charge in [0, 0.05) is 31.0 Å². The van der Waals surface area contributed by atoms with Crippen molar-refractivity contribution in [1.82, 2.24) is 10.2 Å². The van der Waals surface area contributed by atoms with Gasteiger partial charge in [-0.3, -0.25) is 4.79 Å². The molecule has 29 heavy (non-hydrogen) atoms. The summed E-state index contributed by atoms with van der Waals surface area (Å²) < 4.78 is 37.9. The third-order valence-corrected chi connectivity index (χ3v) is 5.16. The molecule has 2 aromatic carbocycles. The normalized spacial score (nSPS) is 14.2. The number of carbonyl (C=O) groups is 2. The molecule has 1 aliphatic heterocycles. The van der Waals surface area contributed by atoms with Crippen LogP contribution >= 0.6 is 11.8 Å². The van der Waals surface area contributed by atoms with E-state index < -0.39 is 11.5 Å². The van der Waals surface area contributed by atoms with Gasteiger partial charge in [-0.2, -0.15) is 13.2 Å². The van der Waals surface area contributed by atoms with Crippen LogP contribution in [0.15, 0.2) is 53.4 Å². The molecule has 0 saturated carbocycles. The predicted octanol–water partition coefficient (Wildman–Crippen LogP) is 4.74. The zero-order chi connectivity index (χ0) is 20.9. The molecule has 0 spiro atoms. The van der Waals surface area contributed by atoms with Crippen LogP contribution < -0.4 is 10.6 Å². The summed E-state index contributed by atoms with van der Waals surface area (Å²) in [4.78, 5) is 25.6. The monoisotopic (exact) mass is 423 g/mol. The minimum atomic E-state index is -4.44. The Morgan fingerprint density at radius 3 is 2.59 bits per heavy atom. The van der Waals surface area contributed by atoms with Crippen LogP contribution in [0.4, 0.5) is 23.7 Å². The third-order valence-electron chi connectivity index (χ3n) is 4.35. The summed E-state index contributed by atoms with van der Waals surface area (Å²) >= 11 is -0.274. The van der Waals surface area contributed by atoms with E-state index in [4.69, 9.17) is 0 Å². The van der Waals surface area contributed by atoms with Crippen LogP contribution in [-0.4, -0.2) is 28.9 Å². The van der Waals surface area contributed by atoms with Gasteiger partial charge in [-0.15, -0.1) is 0 Å². The number of likely N-dealkylation sites (tertiary alicyclic amines) is 1. The molecule has 0 aromatic heterocycles. The highest BCUT2D eigenvalue weighted by Crippen LogP contribution is 2.40. The highest BCUT2D eigenvalue weighted by molar-refractivity contribution is 8.00. The van der Waals surface area contributed by atoms with Crippen LogP contribution in [0.2, 0.25) is 0 Å². The number of para-hydroxylation sites is 1. The number of amides is 3. The smallest absolute Gasteiger partial charge is 0.338 e. The number of hydrogen-bond acceptors (Lipinski definition) is 3. The minimum Gasteiger partial charge on any atom is -0.338 e. The number of nitrogens with one attached hydrogen (secondary N) is 2. The largest absolute Gasteiger partial charge is 0.446 e. The van der Waals surface area contributed by atoms with Crippen LogP contribution in [0.1, 0.15) is 24.0 Å². The number of nitrogens with zero attached hydrogens (tertiary/aromatic N) is 1. The first-order chi connectivity index (χ1) is 13.8. The zero-order valence-electron chi connectivity index (χ0n) is 15.5. The van der Waals surface area contributed by atoms with Crippen molar-refractivity contribution in [1.29, 1.82) is 0 Å². The maximum Gasteiger partial charge on any atom is 0.446 e. The summed E-state index contributed by atoms with van der Waals surface area (Å²) in [6, 6.07) is 12.7. The Bertz CT molecular complexity index is 889. The van der Waals surface area contributed by atoms with Gasteiger partial charge in [0.1, 0.15) is 0 Å². The van der Waals surface area contributed by atoms with E-state index in [0.717, 1.165) is 24.1 Å². The average molecular weight is 423 g/mol. The van der Waals surface area contributed by atoms with Gasteiger partial charge < -0.3 is 15.5 Å². The Labute approximate surface area is 170 Å². The highest BCUT2D eigenvalue weighted by Gasteiger charge is 2.30. The van der Waals surface area contributed by atoms with E-state index in [-0.39, 0.29) is 34.8 Å². The molecule has 2 aromatic rings. The van der Waals surface area contributed by atoms with Gasteiger partial charge in [-0.1, -0.05) is 36.4 Å². The Kier molecular flexibility index (Phi) is 6.68. The molecule has 2 N–H and O–H groups in total. The minimum absolute atomic E-state index is 0.0765. The third kappa shape index (κ3) is 6.42. The molecule has 1 aliphatic rings. The summed E-state index contributed by atoms with van der Waals surface area (Å²) in [5.41, 5.74) is -2.55. The number of thioether (sulfide) groups is 1. The standard InChI is InChI=1S/C20H20F3N3O2S/c21-20(22,23)29-17-8-2-1-7-16(17)25-19(28)24-12-14-5-3-6-15(11-14)13-26-10-4-9-18(26)27/h1-3,5-8,11H,4,9-10,12-13H2,(H2,24,25,28). The average Bonchev–Trinajstić information content (AvgIpc) is 3.05. The summed E-state index contributed by atoms with van der Waals surface area (Å²) in [6.45, 7) is 1.49. The van der Waals surface area contributed by atoms with Crippen molar-refractivity contribution >= 4 is 29.4 Å².